The van der Waals surface area contributed by atoms with Crippen molar-refractivity contribution >= 4 is 17.8 Å². The average molecular weight is 558 g/mol. The Morgan fingerprint density at radius 3 is 2.65 bits per heavy atom. The molecule has 1 aromatic rings. The number of benzene rings is 1. The summed E-state index contributed by atoms with van der Waals surface area (Å²) in [6, 6.07) is 6.15. The smallest absolute Gasteiger partial charge is 0.315 e. The number of hydrogen-bond acceptors (Lipinski definition) is 6. The quantitative estimate of drug-likeness (QED) is 0.525. The average Bonchev–Trinajstić information content (AvgIpc) is 2.90. The van der Waals surface area contributed by atoms with Gasteiger partial charge in [-0.25, -0.2) is 4.79 Å². The molecule has 3 aliphatic heterocycles. The van der Waals surface area contributed by atoms with Crippen molar-refractivity contribution in [2.75, 3.05) is 39.3 Å². The second kappa shape index (κ2) is 13.2. The van der Waals surface area contributed by atoms with Crippen LogP contribution in [0.4, 0.5) is 4.79 Å². The Morgan fingerprint density at radius 2 is 1.90 bits per heavy atom. The van der Waals surface area contributed by atoms with Crippen molar-refractivity contribution in [3.8, 4) is 5.75 Å². The molecule has 0 spiro atoms. The lowest BCUT2D eigenvalue weighted by Gasteiger charge is -2.42. The molecule has 0 unspecified atom stereocenters. The number of amides is 4. The van der Waals surface area contributed by atoms with E-state index in [1.807, 2.05) is 32.0 Å². The van der Waals surface area contributed by atoms with Crippen LogP contribution in [0.2, 0.25) is 0 Å². The third-order valence-electron chi connectivity index (χ3n) is 7.85. The lowest BCUT2D eigenvalue weighted by Crippen LogP contribution is -2.62. The molecule has 0 aliphatic carbocycles. The highest BCUT2D eigenvalue weighted by atomic mass is 16.5. The monoisotopic (exact) mass is 557 g/mol. The normalized spacial score (nSPS) is 26.6. The Labute approximate surface area is 238 Å². The van der Waals surface area contributed by atoms with Gasteiger partial charge in [0.15, 0.2) is 0 Å². The molecule has 40 heavy (non-hydrogen) atoms. The second-order valence-electron chi connectivity index (χ2n) is 12.8. The Morgan fingerprint density at radius 1 is 1.12 bits per heavy atom. The zero-order chi connectivity index (χ0) is 28.9. The van der Waals surface area contributed by atoms with Crippen LogP contribution in [0.3, 0.4) is 0 Å². The van der Waals surface area contributed by atoms with Gasteiger partial charge < -0.3 is 30.3 Å². The SMILES string of the molecule is CC(C)NC(=O)N[C@@H]1CC[C@H]2CCOc3ccccc3C(=O)N3CCN(CCC(C)(C)C)C[C@H]3C(=O)NC[C@H]1O2. The van der Waals surface area contributed by atoms with Crippen LogP contribution in [0, 0.1) is 5.41 Å². The molecule has 3 N–H and O–H groups in total. The van der Waals surface area contributed by atoms with Gasteiger partial charge in [-0.1, -0.05) is 32.9 Å². The van der Waals surface area contributed by atoms with E-state index < -0.39 is 6.04 Å². The van der Waals surface area contributed by atoms with Gasteiger partial charge in [0.1, 0.15) is 11.8 Å². The van der Waals surface area contributed by atoms with Crippen LogP contribution in [0.25, 0.3) is 0 Å². The summed E-state index contributed by atoms with van der Waals surface area (Å²) in [6.07, 6.45) is 2.68. The summed E-state index contributed by atoms with van der Waals surface area (Å²) in [5.74, 6) is 0.126. The minimum absolute atomic E-state index is 0.0111. The number of hydrogen-bond donors (Lipinski definition) is 3. The fourth-order valence-corrected chi connectivity index (χ4v) is 5.55. The lowest BCUT2D eigenvalue weighted by molar-refractivity contribution is -0.130. The van der Waals surface area contributed by atoms with E-state index in [1.165, 1.54) is 0 Å². The van der Waals surface area contributed by atoms with Crippen molar-refractivity contribution in [3.63, 3.8) is 0 Å². The van der Waals surface area contributed by atoms with Gasteiger partial charge in [-0.15, -0.1) is 0 Å². The molecule has 0 aromatic heterocycles. The van der Waals surface area contributed by atoms with Gasteiger partial charge >= 0.3 is 6.03 Å². The molecule has 0 saturated carbocycles. The van der Waals surface area contributed by atoms with Gasteiger partial charge in [-0.3, -0.25) is 14.5 Å². The molecular weight excluding hydrogens is 510 g/mol. The minimum atomic E-state index is -0.646. The van der Waals surface area contributed by atoms with Gasteiger partial charge in [-0.2, -0.15) is 0 Å². The molecular formula is C30H47N5O5. The Hall–Kier alpha value is -2.85. The number of nitrogens with one attached hydrogen (secondary N) is 3. The fourth-order valence-electron chi connectivity index (χ4n) is 5.55. The number of ether oxygens (including phenoxy) is 2. The standard InChI is InChI=1S/C30H47N5O5/c1-20(2)32-29(38)33-23-11-10-21-12-17-39-25-9-7-6-8-22(25)28(37)35-16-15-34(14-13-30(3,4)5)19-24(35)27(36)31-18-26(23)40-21/h6-9,20-21,23-24,26H,10-19H2,1-5H3,(H,31,36)(H2,32,33,38)/t21-,23+,24-,26+/m0/s1. The van der Waals surface area contributed by atoms with E-state index in [1.54, 1.807) is 11.0 Å². The van der Waals surface area contributed by atoms with Crippen molar-refractivity contribution < 1.29 is 23.9 Å². The third-order valence-corrected chi connectivity index (χ3v) is 7.85. The van der Waals surface area contributed by atoms with Gasteiger partial charge in [0.25, 0.3) is 5.91 Å². The van der Waals surface area contributed by atoms with Gasteiger partial charge in [0.2, 0.25) is 5.91 Å². The number of carbonyl (C=O) groups is 3. The zero-order valence-corrected chi connectivity index (χ0v) is 24.7. The van der Waals surface area contributed by atoms with Crippen LogP contribution in [0.15, 0.2) is 24.3 Å². The summed E-state index contributed by atoms with van der Waals surface area (Å²) >= 11 is 0. The lowest BCUT2D eigenvalue weighted by atomic mass is 9.92. The second-order valence-corrected chi connectivity index (χ2v) is 12.8. The molecule has 0 radical (unpaired) electrons. The largest absolute Gasteiger partial charge is 0.493 e. The van der Waals surface area contributed by atoms with E-state index >= 15 is 0 Å². The molecule has 3 heterocycles. The van der Waals surface area contributed by atoms with E-state index in [0.717, 1.165) is 25.8 Å². The number of piperazine rings is 1. The summed E-state index contributed by atoms with van der Waals surface area (Å²) in [4.78, 5) is 44.0. The summed E-state index contributed by atoms with van der Waals surface area (Å²) < 4.78 is 12.5. The number of fused-ring (bicyclic) bond motifs is 4. The molecule has 2 bridgehead atoms. The molecule has 4 rings (SSSR count). The minimum Gasteiger partial charge on any atom is -0.493 e. The van der Waals surface area contributed by atoms with E-state index in [2.05, 4.69) is 41.6 Å². The van der Waals surface area contributed by atoms with Crippen LogP contribution in [-0.4, -0.2) is 97.3 Å². The van der Waals surface area contributed by atoms with Crippen LogP contribution < -0.4 is 20.7 Å². The predicted octanol–water partition coefficient (Wildman–Crippen LogP) is 2.77. The van der Waals surface area contributed by atoms with Gasteiger partial charge in [-0.05, 0) is 57.2 Å². The van der Waals surface area contributed by atoms with Gasteiger partial charge in [0.05, 0.1) is 30.4 Å². The van der Waals surface area contributed by atoms with E-state index in [-0.39, 0.29) is 54.1 Å². The first-order chi connectivity index (χ1) is 19.0. The van der Waals surface area contributed by atoms with E-state index in [0.29, 0.717) is 44.0 Å². The number of urea groups is 1. The van der Waals surface area contributed by atoms with Crippen LogP contribution in [-0.2, 0) is 9.53 Å². The molecule has 1 aromatic carbocycles. The molecule has 4 amide bonds. The Bertz CT molecular complexity index is 1040. The maximum atomic E-state index is 13.8. The predicted molar refractivity (Wildman–Crippen MR) is 153 cm³/mol. The summed E-state index contributed by atoms with van der Waals surface area (Å²) in [5.41, 5.74) is 0.649. The Kier molecular flexibility index (Phi) is 9.94. The Balaban J connectivity index is 1.56. The maximum absolute atomic E-state index is 13.8. The summed E-state index contributed by atoms with van der Waals surface area (Å²) in [5, 5.41) is 9.00. The number of carbonyl (C=O) groups excluding carboxylic acids is 3. The number of nitrogens with zero attached hydrogens (tertiary/aromatic N) is 2. The van der Waals surface area contributed by atoms with Crippen molar-refractivity contribution in [2.24, 2.45) is 5.41 Å². The van der Waals surface area contributed by atoms with Crippen molar-refractivity contribution in [3.05, 3.63) is 29.8 Å². The van der Waals surface area contributed by atoms with Crippen molar-refractivity contribution in [1.82, 2.24) is 25.8 Å². The molecule has 222 valence electrons. The third kappa shape index (κ3) is 8.10. The molecule has 2 fully saturated rings. The first-order valence-electron chi connectivity index (χ1n) is 14.8. The summed E-state index contributed by atoms with van der Waals surface area (Å²) in [6.45, 7) is 13.6. The van der Waals surface area contributed by atoms with Crippen LogP contribution in [0.1, 0.15) is 70.7 Å². The highest BCUT2D eigenvalue weighted by Gasteiger charge is 2.39. The van der Waals surface area contributed by atoms with Crippen LogP contribution >= 0.6 is 0 Å². The summed E-state index contributed by atoms with van der Waals surface area (Å²) in [7, 11) is 0. The topological polar surface area (TPSA) is 112 Å². The maximum Gasteiger partial charge on any atom is 0.315 e. The first-order valence-corrected chi connectivity index (χ1v) is 14.8. The van der Waals surface area contributed by atoms with E-state index in [4.69, 9.17) is 9.47 Å². The molecule has 10 heteroatoms. The molecule has 10 nitrogen and oxygen atoms in total. The van der Waals surface area contributed by atoms with Crippen molar-refractivity contribution in [2.45, 2.75) is 90.6 Å². The van der Waals surface area contributed by atoms with Crippen LogP contribution in [0.5, 0.6) is 5.75 Å². The van der Waals surface area contributed by atoms with E-state index in [9.17, 15) is 14.4 Å². The molecule has 3 aliphatic rings. The number of rotatable bonds is 4. The van der Waals surface area contributed by atoms with Crippen molar-refractivity contribution in [1.29, 1.82) is 0 Å². The first kappa shape index (κ1) is 30.1. The molecule has 4 atom stereocenters. The zero-order valence-electron chi connectivity index (χ0n) is 24.7. The highest BCUT2D eigenvalue weighted by Crippen LogP contribution is 2.27. The fraction of sp³-hybridized carbons (Fsp3) is 0.700. The molecule has 2 saturated heterocycles. The van der Waals surface area contributed by atoms with Gasteiger partial charge in [0, 0.05) is 38.6 Å². The highest BCUT2D eigenvalue weighted by molar-refractivity contribution is 6.00. The number of para-hydroxylation sites is 1.